The third kappa shape index (κ3) is 5.61. The number of carbonyl (C=O) groups excluding carboxylic acids is 1. The molecular weight excluding hydrogens is 443 g/mol. The van der Waals surface area contributed by atoms with Crippen LogP contribution in [0.15, 0.2) is 53.7 Å². The molecule has 1 heterocycles. The Morgan fingerprint density at radius 1 is 1.12 bits per heavy atom. The zero-order valence-electron chi connectivity index (χ0n) is 17.7. The van der Waals surface area contributed by atoms with Crippen LogP contribution in [-0.4, -0.2) is 32.9 Å². The van der Waals surface area contributed by atoms with Crippen molar-refractivity contribution in [3.8, 4) is 17.2 Å². The van der Waals surface area contributed by atoms with Gasteiger partial charge in [0.25, 0.3) is 0 Å². The van der Waals surface area contributed by atoms with Gasteiger partial charge in [-0.05, 0) is 49.4 Å². The Bertz CT molecular complexity index is 1070. The largest absolute Gasteiger partial charge is 0.497 e. The van der Waals surface area contributed by atoms with Gasteiger partial charge in [0.15, 0.2) is 11.0 Å². The summed E-state index contributed by atoms with van der Waals surface area (Å²) in [7, 11) is 1.55. The summed E-state index contributed by atoms with van der Waals surface area (Å²) in [6, 6.07) is 11.8. The van der Waals surface area contributed by atoms with Gasteiger partial charge in [-0.2, -0.15) is 13.2 Å². The third-order valence-corrected chi connectivity index (χ3v) is 5.73. The summed E-state index contributed by atoms with van der Waals surface area (Å²) in [4.78, 5) is 12.1. The van der Waals surface area contributed by atoms with Crippen molar-refractivity contribution >= 4 is 17.5 Å². The molecule has 0 aliphatic carbocycles. The van der Waals surface area contributed by atoms with Crippen molar-refractivity contribution in [3.63, 3.8) is 0 Å². The van der Waals surface area contributed by atoms with Crippen LogP contribution in [0, 0.1) is 0 Å². The molecule has 0 saturated carbocycles. The lowest BCUT2D eigenvalue weighted by atomic mass is 10.2. The number of thioether (sulfide) groups is 1. The van der Waals surface area contributed by atoms with Crippen LogP contribution in [0.25, 0.3) is 5.69 Å². The minimum absolute atomic E-state index is 0.00428. The molecule has 1 unspecified atom stereocenters. The summed E-state index contributed by atoms with van der Waals surface area (Å²) in [6.45, 7) is 3.45. The number of ketones is 1. The van der Waals surface area contributed by atoms with Crippen LogP contribution in [0.1, 0.15) is 31.7 Å². The van der Waals surface area contributed by atoms with Gasteiger partial charge >= 0.3 is 6.18 Å². The van der Waals surface area contributed by atoms with Crippen LogP contribution in [0.2, 0.25) is 0 Å². The van der Waals surface area contributed by atoms with E-state index in [1.807, 2.05) is 0 Å². The Labute approximate surface area is 187 Å². The van der Waals surface area contributed by atoms with E-state index < -0.39 is 17.0 Å². The molecular formula is C22H22F3N3O3S. The second-order valence-corrected chi connectivity index (χ2v) is 8.13. The van der Waals surface area contributed by atoms with Crippen molar-refractivity contribution in [2.75, 3.05) is 7.11 Å². The topological polar surface area (TPSA) is 66.2 Å². The van der Waals surface area contributed by atoms with Crippen molar-refractivity contribution in [1.82, 2.24) is 14.8 Å². The van der Waals surface area contributed by atoms with Gasteiger partial charge in [-0.1, -0.05) is 24.8 Å². The average Bonchev–Trinajstić information content (AvgIpc) is 3.19. The second-order valence-electron chi connectivity index (χ2n) is 6.83. The van der Waals surface area contributed by atoms with E-state index in [4.69, 9.17) is 9.47 Å². The number of hydrogen-bond acceptors (Lipinski definition) is 6. The molecule has 3 rings (SSSR count). The van der Waals surface area contributed by atoms with E-state index >= 15 is 0 Å². The predicted octanol–water partition coefficient (Wildman–Crippen LogP) is 5.33. The number of carbonyl (C=O) groups is 1. The lowest BCUT2D eigenvalue weighted by Gasteiger charge is -2.15. The number of Topliss-reactive ketones (excluding diaryl/α,β-unsaturated/α-hetero) is 1. The number of ether oxygens (including phenoxy) is 2. The van der Waals surface area contributed by atoms with E-state index in [9.17, 15) is 18.0 Å². The highest BCUT2D eigenvalue weighted by Gasteiger charge is 2.31. The first-order valence-electron chi connectivity index (χ1n) is 9.81. The molecule has 170 valence electrons. The third-order valence-electron chi connectivity index (χ3n) is 4.64. The molecule has 0 radical (unpaired) electrons. The van der Waals surface area contributed by atoms with Gasteiger partial charge in [0.2, 0.25) is 0 Å². The van der Waals surface area contributed by atoms with Crippen LogP contribution in [0.4, 0.5) is 13.2 Å². The smallest absolute Gasteiger partial charge is 0.416 e. The highest BCUT2D eigenvalue weighted by molar-refractivity contribution is 8.00. The monoisotopic (exact) mass is 465 g/mol. The Morgan fingerprint density at radius 3 is 2.44 bits per heavy atom. The fraction of sp³-hybridized carbons (Fsp3) is 0.318. The number of benzene rings is 2. The average molecular weight is 465 g/mol. The lowest BCUT2D eigenvalue weighted by molar-refractivity contribution is -0.137. The molecule has 0 spiro atoms. The summed E-state index contributed by atoms with van der Waals surface area (Å²) >= 11 is 1.14. The molecule has 0 aliphatic rings. The van der Waals surface area contributed by atoms with Crippen LogP contribution in [-0.2, 0) is 17.6 Å². The quantitative estimate of drug-likeness (QED) is 0.398. The van der Waals surface area contributed by atoms with Crippen LogP contribution >= 0.6 is 11.8 Å². The summed E-state index contributed by atoms with van der Waals surface area (Å²) in [5.74, 6) is 1.51. The van der Waals surface area contributed by atoms with Gasteiger partial charge in [0.05, 0.1) is 23.6 Å². The van der Waals surface area contributed by atoms with E-state index in [1.165, 1.54) is 16.7 Å². The van der Waals surface area contributed by atoms with Gasteiger partial charge in [-0.25, -0.2) is 0 Å². The molecule has 3 aromatic rings. The molecule has 0 amide bonds. The zero-order chi connectivity index (χ0) is 23.3. The molecule has 6 nitrogen and oxygen atoms in total. The van der Waals surface area contributed by atoms with E-state index in [0.717, 1.165) is 23.9 Å². The number of rotatable bonds is 9. The van der Waals surface area contributed by atoms with E-state index in [1.54, 1.807) is 45.2 Å². The SMILES string of the molecule is CCC(=O)C(C)Sc1nnc(COc2ccc(OC)cc2)n1-c1cccc(C(F)(F)F)c1. The number of hydrogen-bond donors (Lipinski definition) is 0. The molecule has 1 atom stereocenters. The standard InChI is InChI=1S/C22H22F3N3O3S/c1-4-19(29)14(2)32-21-27-26-20(13-31-18-10-8-17(30-3)9-11-18)28(21)16-7-5-6-15(12-16)22(23,24)25/h5-12,14H,4,13H2,1-3H3. The normalized spacial score (nSPS) is 12.4. The Kier molecular flexibility index (Phi) is 7.44. The number of halogens is 3. The van der Waals surface area contributed by atoms with E-state index in [-0.39, 0.29) is 18.1 Å². The first kappa shape index (κ1) is 23.6. The van der Waals surface area contributed by atoms with Crippen molar-refractivity contribution in [1.29, 1.82) is 0 Å². The molecule has 32 heavy (non-hydrogen) atoms. The number of alkyl halides is 3. The molecule has 0 fully saturated rings. The van der Waals surface area contributed by atoms with Crippen LogP contribution < -0.4 is 9.47 Å². The Morgan fingerprint density at radius 2 is 1.81 bits per heavy atom. The number of aromatic nitrogens is 3. The van der Waals surface area contributed by atoms with Gasteiger partial charge in [0, 0.05) is 6.42 Å². The maximum absolute atomic E-state index is 13.3. The maximum Gasteiger partial charge on any atom is 0.416 e. The molecule has 2 aromatic carbocycles. The molecule has 0 saturated heterocycles. The van der Waals surface area contributed by atoms with E-state index in [2.05, 4.69) is 10.2 Å². The first-order chi connectivity index (χ1) is 15.2. The molecule has 1 aromatic heterocycles. The fourth-order valence-electron chi connectivity index (χ4n) is 2.88. The molecule has 0 aliphatic heterocycles. The molecule has 0 N–H and O–H groups in total. The summed E-state index contributed by atoms with van der Waals surface area (Å²) in [5, 5.41) is 8.13. The Hall–Kier alpha value is -3.01. The highest BCUT2D eigenvalue weighted by atomic mass is 32.2. The van der Waals surface area contributed by atoms with Gasteiger partial charge in [-0.3, -0.25) is 9.36 Å². The minimum Gasteiger partial charge on any atom is -0.497 e. The van der Waals surface area contributed by atoms with Crippen LogP contribution in [0.5, 0.6) is 11.5 Å². The van der Waals surface area contributed by atoms with Crippen molar-refractivity contribution in [3.05, 3.63) is 59.9 Å². The van der Waals surface area contributed by atoms with Gasteiger partial charge in [-0.15, -0.1) is 10.2 Å². The number of methoxy groups -OCH3 is 1. The number of nitrogens with zero attached hydrogens (tertiary/aromatic N) is 3. The van der Waals surface area contributed by atoms with Crippen molar-refractivity contribution in [2.45, 2.75) is 43.5 Å². The van der Waals surface area contributed by atoms with Gasteiger partial charge in [0.1, 0.15) is 23.9 Å². The molecule has 10 heteroatoms. The Balaban J connectivity index is 1.95. The van der Waals surface area contributed by atoms with E-state index in [0.29, 0.717) is 28.9 Å². The predicted molar refractivity (Wildman–Crippen MR) is 114 cm³/mol. The summed E-state index contributed by atoms with van der Waals surface area (Å²) in [5.41, 5.74) is -0.559. The summed E-state index contributed by atoms with van der Waals surface area (Å²) in [6.07, 6.45) is -4.15. The van der Waals surface area contributed by atoms with Crippen molar-refractivity contribution in [2.24, 2.45) is 0 Å². The second kappa shape index (κ2) is 10.1. The summed E-state index contributed by atoms with van der Waals surface area (Å²) < 4.78 is 52.2. The van der Waals surface area contributed by atoms with Crippen LogP contribution in [0.3, 0.4) is 0 Å². The first-order valence-corrected chi connectivity index (χ1v) is 10.7. The minimum atomic E-state index is -4.50. The zero-order valence-corrected chi connectivity index (χ0v) is 18.5. The lowest BCUT2D eigenvalue weighted by Crippen LogP contribution is -2.14. The van der Waals surface area contributed by atoms with Crippen molar-refractivity contribution < 1.29 is 27.4 Å². The highest BCUT2D eigenvalue weighted by Crippen LogP contribution is 2.33. The fourth-order valence-corrected chi connectivity index (χ4v) is 3.90. The molecule has 0 bridgehead atoms. The maximum atomic E-state index is 13.3. The van der Waals surface area contributed by atoms with Gasteiger partial charge < -0.3 is 9.47 Å².